The molecule has 39 nitrogen and oxygen atoms in total. The maximum atomic E-state index is 12.4. The average Bonchev–Trinajstić information content (AvgIpc) is 0.792. The number of aliphatic hydroxyl groups excluding tert-OH is 2. The van der Waals surface area contributed by atoms with Gasteiger partial charge < -0.3 is 105 Å². The number of benzene rings is 4. The minimum Gasteiger partial charge on any atom is -0.394 e. The molecule has 41 heteroatoms. The number of azide groups is 3. The molecule has 0 bridgehead atoms. The number of aliphatic hydroxyl groups is 2. The van der Waals surface area contributed by atoms with Crippen LogP contribution in [0.4, 0.5) is 0 Å². The van der Waals surface area contributed by atoms with Crippen molar-refractivity contribution in [3.05, 3.63) is 175 Å². The van der Waals surface area contributed by atoms with Crippen LogP contribution in [0.2, 0.25) is 0 Å². The molecule has 32 atom stereocenters. The molecule has 12 rings (SSSR count). The lowest BCUT2D eigenvalue weighted by Crippen LogP contribution is -2.60. The molecule has 8 unspecified atom stereocenters. The maximum Gasteiger partial charge on any atom is 0.397 e. The van der Waals surface area contributed by atoms with E-state index in [-0.39, 0.29) is 82.8 Å². The first-order chi connectivity index (χ1) is 57.9. The van der Waals surface area contributed by atoms with Crippen molar-refractivity contribution < 1.29 is 139 Å². The highest BCUT2D eigenvalue weighted by molar-refractivity contribution is 7.81. The van der Waals surface area contributed by atoms with Gasteiger partial charge in [0.1, 0.15) is 42.7 Å². The second-order valence-electron chi connectivity index (χ2n) is 31.3. The zero-order chi connectivity index (χ0) is 85.0. The van der Waals surface area contributed by atoms with E-state index in [2.05, 4.69) is 30.1 Å². The van der Waals surface area contributed by atoms with Crippen molar-refractivity contribution in [2.75, 3.05) is 60.0 Å². The van der Waals surface area contributed by atoms with E-state index < -0.39 is 219 Å². The normalized spacial score (nSPS) is 37.6. The van der Waals surface area contributed by atoms with Crippen LogP contribution in [0, 0.1) is 35.5 Å². The lowest BCUT2D eigenvalue weighted by atomic mass is 9.84. The number of nitrogens with zero attached hydrogens (tertiary/aromatic N) is 9. The molecule has 662 valence electrons. The molecule has 4 aromatic carbocycles. The second-order valence-corrected chi connectivity index (χ2v) is 33.5. The molecular weight excluding hydrogens is 1620 g/mol. The van der Waals surface area contributed by atoms with Crippen molar-refractivity contribution >= 4 is 20.8 Å². The van der Waals surface area contributed by atoms with Crippen molar-refractivity contribution in [3.63, 3.8) is 0 Å². The molecule has 0 aromatic heterocycles. The van der Waals surface area contributed by atoms with Crippen molar-refractivity contribution in [2.45, 2.75) is 254 Å². The lowest BCUT2D eigenvalue weighted by molar-refractivity contribution is -0.347. The van der Waals surface area contributed by atoms with Gasteiger partial charge in [0.2, 0.25) is 0 Å². The number of hydrogen-bond donors (Lipinski definition) is 4. The number of ether oxygens (including phenoxy) is 20. The highest BCUT2D eigenvalue weighted by Gasteiger charge is 2.55. The van der Waals surface area contributed by atoms with Crippen LogP contribution in [0.3, 0.4) is 0 Å². The van der Waals surface area contributed by atoms with E-state index in [1.165, 1.54) is 7.11 Å². The SMILES string of the molecule is CO[C@H]1OC(COS(=O)(=O)O)[C@@H](O[C@H]2C[C@H](OCc3ccccc3)[C@H](O[C@H]3OC(COS(=O)(=O)O)[C@H](O[C@H]4C[C@H](OCc5ccccc5)[C@H](O[C@H]5OC(CO)[C@@H](O[C@H]6C[C@H](OCc7ccccc7)[C@H](O[C@@H]7OC(CO)[C@H](O[C@H]8C[C@H](OCc9ccccc9)[C@H](C)CO8)[C@H](C)C7N=[N+]=[N-])CO6)[C@H](C)C5N=[N+]=[N-])CO4)[C@H](C)C3N=[N+]=[N-])CO2)[C@H](C)C1C. The highest BCUT2D eigenvalue weighted by Crippen LogP contribution is 2.43. The summed E-state index contributed by atoms with van der Waals surface area (Å²) in [7, 11) is -8.60. The van der Waals surface area contributed by atoms with Crippen LogP contribution in [0.25, 0.3) is 31.3 Å². The predicted molar refractivity (Wildman–Crippen MR) is 416 cm³/mol. The quantitative estimate of drug-likeness (QED) is 0.0141. The van der Waals surface area contributed by atoms with Crippen LogP contribution in [0.15, 0.2) is 137 Å². The summed E-state index contributed by atoms with van der Waals surface area (Å²) in [5, 5.41) is 34.6. The summed E-state index contributed by atoms with van der Waals surface area (Å²) in [5.41, 5.74) is 33.9. The summed E-state index contributed by atoms with van der Waals surface area (Å²) < 4.78 is 207. The first-order valence-corrected chi connectivity index (χ1v) is 43.0. The van der Waals surface area contributed by atoms with E-state index in [0.29, 0.717) is 19.6 Å². The van der Waals surface area contributed by atoms with Gasteiger partial charge in [0.15, 0.2) is 50.3 Å². The molecule has 0 aliphatic carbocycles. The highest BCUT2D eigenvalue weighted by atomic mass is 32.3. The lowest BCUT2D eigenvalue weighted by Gasteiger charge is -2.49. The molecule has 4 N–H and O–H groups in total. The van der Waals surface area contributed by atoms with Crippen LogP contribution in [-0.2, 0) is 150 Å². The third-order valence-electron chi connectivity index (χ3n) is 23.2. The summed E-state index contributed by atoms with van der Waals surface area (Å²) in [6.07, 6.45) is -22.9. The Hall–Kier alpha value is -6.33. The Bertz CT molecular complexity index is 4190. The molecule has 8 saturated heterocycles. The van der Waals surface area contributed by atoms with E-state index in [0.717, 1.165) is 22.3 Å². The number of rotatable bonds is 38. The van der Waals surface area contributed by atoms with E-state index in [1.54, 1.807) is 13.8 Å². The molecule has 0 radical (unpaired) electrons. The van der Waals surface area contributed by atoms with Crippen LogP contribution in [-0.4, -0.2) is 256 Å². The van der Waals surface area contributed by atoms with Crippen molar-refractivity contribution in [2.24, 2.45) is 50.9 Å². The van der Waals surface area contributed by atoms with Gasteiger partial charge in [0.25, 0.3) is 0 Å². The molecule has 8 aliphatic heterocycles. The third kappa shape index (κ3) is 25.3. The van der Waals surface area contributed by atoms with Gasteiger partial charge in [-0.2, -0.15) is 16.8 Å². The van der Waals surface area contributed by atoms with Gasteiger partial charge in [0, 0.05) is 59.4 Å². The number of methoxy groups -OCH3 is 1. The molecule has 120 heavy (non-hydrogen) atoms. The Morgan fingerprint density at radius 1 is 0.375 bits per heavy atom. The van der Waals surface area contributed by atoms with Gasteiger partial charge in [-0.25, -0.2) is 8.37 Å². The summed E-state index contributed by atoms with van der Waals surface area (Å²) >= 11 is 0. The maximum absolute atomic E-state index is 12.4. The predicted octanol–water partition coefficient (Wildman–Crippen LogP) is 9.03. The minimum absolute atomic E-state index is 0.0155. The van der Waals surface area contributed by atoms with Crippen molar-refractivity contribution in [3.8, 4) is 0 Å². The van der Waals surface area contributed by atoms with E-state index in [4.69, 9.17) is 103 Å². The van der Waals surface area contributed by atoms with Gasteiger partial charge in [-0.3, -0.25) is 9.11 Å². The topological polar surface area (TPSA) is 499 Å². The second kappa shape index (κ2) is 44.5. The van der Waals surface area contributed by atoms with Gasteiger partial charge in [0.05, 0.1) is 146 Å². The van der Waals surface area contributed by atoms with Crippen molar-refractivity contribution in [1.82, 2.24) is 0 Å². The molecule has 4 aromatic rings. The van der Waals surface area contributed by atoms with E-state index in [9.17, 15) is 52.7 Å². The molecule has 8 aliphatic rings. The van der Waals surface area contributed by atoms with Gasteiger partial charge in [-0.15, -0.1) is 0 Å². The van der Waals surface area contributed by atoms with Crippen LogP contribution >= 0.6 is 0 Å². The Balaban J connectivity index is 0.718. The Morgan fingerprint density at radius 3 is 0.967 bits per heavy atom. The fraction of sp³-hybridized carbons (Fsp3) is 0.696. The Morgan fingerprint density at radius 2 is 0.658 bits per heavy atom. The summed E-state index contributed by atoms with van der Waals surface area (Å²) in [6.45, 7) is 8.71. The van der Waals surface area contributed by atoms with Gasteiger partial charge in [-0.05, 0) is 62.5 Å². The van der Waals surface area contributed by atoms with E-state index >= 15 is 0 Å². The fourth-order valence-electron chi connectivity index (χ4n) is 16.4. The first kappa shape index (κ1) is 92.8. The third-order valence-corrected chi connectivity index (χ3v) is 24.1. The Kier molecular flexibility index (Phi) is 34.4. The molecule has 0 spiro atoms. The van der Waals surface area contributed by atoms with E-state index in [1.807, 2.05) is 149 Å². The van der Waals surface area contributed by atoms with Gasteiger partial charge in [-0.1, -0.05) is 178 Å². The van der Waals surface area contributed by atoms with Gasteiger partial charge >= 0.3 is 20.8 Å². The van der Waals surface area contributed by atoms with Crippen LogP contribution in [0.1, 0.15) is 89.5 Å². The van der Waals surface area contributed by atoms with Crippen molar-refractivity contribution in [1.29, 1.82) is 0 Å². The molecule has 8 heterocycles. The number of hydrogen-bond acceptors (Lipinski definition) is 31. The van der Waals surface area contributed by atoms with Crippen LogP contribution in [0.5, 0.6) is 0 Å². The van der Waals surface area contributed by atoms with Crippen LogP contribution < -0.4 is 0 Å². The zero-order valence-electron chi connectivity index (χ0n) is 67.6. The molecule has 0 saturated carbocycles. The smallest absolute Gasteiger partial charge is 0.394 e. The first-order valence-electron chi connectivity index (χ1n) is 40.3. The Labute approximate surface area is 696 Å². The molecule has 0 amide bonds. The summed E-state index contributed by atoms with van der Waals surface area (Å²) in [6, 6.07) is 34.3. The molecular formula is C79H109N9O30S2. The zero-order valence-corrected chi connectivity index (χ0v) is 69.2. The largest absolute Gasteiger partial charge is 0.397 e. The standard InChI is InChI=1S/C79H109N9O30S2/c1-44-34-102-65(28-54(44)98-35-50-20-12-8-13-21-50)116-73-47(4)69(83-86-80)77(108-58(73)32-89)110-60-39-104-67(30-56(60)100-37-52-24-16-10-17-25-52)117-74-48(5)70(84-87-81)78(109-59(74)33-90)111-61-40-105-68(31-57(61)101-38-53-26-18-11-19-27-53)118-75-49(6)71(85-88-82)79(114-64(75)43-107-120(94,95)96)112-62-41-103-66(29-55(62)99-36-51-22-14-9-15-23-51)115-72-45(2)46(3)76(97-7)113-63(72)42-106-119(91,92)93/h8-27,44-49,54-79,89-90H,28-43H2,1-7H3,(H,91,92,93)(H,94,95,96)/t44-,45-,46?,47-,48-,49-,54+,55+,56+,57+,58?,59?,60-,61-,62-,63?,64?,65+,66+,67+,68+,69?,70?,71?,72+,73-,74+,75-,76+,77+,78-,79+/m1/s1. The minimum atomic E-state index is -5.14. The monoisotopic (exact) mass is 1730 g/mol. The molecule has 8 fully saturated rings. The fourth-order valence-corrected chi connectivity index (χ4v) is 17.0. The summed E-state index contributed by atoms with van der Waals surface area (Å²) in [5.74, 6) is -2.84. The average molecular weight is 1730 g/mol. The summed E-state index contributed by atoms with van der Waals surface area (Å²) in [4.78, 5) is 9.55.